The molecule has 1 atom stereocenters. The van der Waals surface area contributed by atoms with Crippen LogP contribution in [0.15, 0.2) is 15.6 Å². The van der Waals surface area contributed by atoms with Crippen molar-refractivity contribution in [3.8, 4) is 0 Å². The fourth-order valence-electron chi connectivity index (χ4n) is 0.728. The molecule has 0 fully saturated rings. The summed E-state index contributed by atoms with van der Waals surface area (Å²) in [4.78, 5) is 13.3. The van der Waals surface area contributed by atoms with Crippen molar-refractivity contribution in [2.45, 2.75) is 19.9 Å². The topological polar surface area (TPSA) is 55.5 Å². The van der Waals surface area contributed by atoms with E-state index < -0.39 is 0 Å². The van der Waals surface area contributed by atoms with Crippen molar-refractivity contribution in [2.24, 2.45) is 4.99 Å². The van der Waals surface area contributed by atoms with Gasteiger partial charge >= 0.3 is 0 Å². The normalized spacial score (nSPS) is 12.2. The van der Waals surface area contributed by atoms with Crippen LogP contribution >= 0.6 is 0 Å². The molecule has 1 rings (SSSR count). The lowest BCUT2D eigenvalue weighted by Crippen LogP contribution is -1.87. The monoisotopic (exact) mass is 152 g/mol. The first-order chi connectivity index (χ1) is 5.24. The molecule has 58 valence electrons. The fraction of sp³-hybridized carbons (Fsp3) is 0.429. The van der Waals surface area contributed by atoms with Crippen LogP contribution < -0.4 is 0 Å². The number of nitrogens with zero attached hydrogens (tertiary/aromatic N) is 2. The van der Waals surface area contributed by atoms with Crippen LogP contribution in [0.3, 0.4) is 0 Å². The SMILES string of the molecule is Cc1cc(C(C)N=C=O)no1. The third kappa shape index (κ3) is 1.75. The van der Waals surface area contributed by atoms with E-state index in [4.69, 9.17) is 4.52 Å². The van der Waals surface area contributed by atoms with E-state index in [1.165, 1.54) is 6.08 Å². The molecule has 0 bridgehead atoms. The molecule has 0 aromatic carbocycles. The number of hydrogen-bond donors (Lipinski definition) is 0. The average molecular weight is 152 g/mol. The van der Waals surface area contributed by atoms with Crippen LogP contribution in [0.4, 0.5) is 0 Å². The van der Waals surface area contributed by atoms with Gasteiger partial charge in [0.25, 0.3) is 0 Å². The van der Waals surface area contributed by atoms with Gasteiger partial charge in [-0.3, -0.25) is 0 Å². The van der Waals surface area contributed by atoms with Gasteiger partial charge in [-0.05, 0) is 13.8 Å². The van der Waals surface area contributed by atoms with Crippen molar-refractivity contribution in [3.05, 3.63) is 17.5 Å². The Morgan fingerprint density at radius 3 is 3.00 bits per heavy atom. The Hall–Kier alpha value is -1.41. The summed E-state index contributed by atoms with van der Waals surface area (Å²) in [7, 11) is 0. The van der Waals surface area contributed by atoms with Crippen molar-refractivity contribution in [1.29, 1.82) is 0 Å². The summed E-state index contributed by atoms with van der Waals surface area (Å²) in [6.07, 6.45) is 1.47. The van der Waals surface area contributed by atoms with Crippen molar-refractivity contribution < 1.29 is 9.32 Å². The zero-order chi connectivity index (χ0) is 8.27. The van der Waals surface area contributed by atoms with Gasteiger partial charge in [-0.25, -0.2) is 4.79 Å². The highest BCUT2D eigenvalue weighted by Crippen LogP contribution is 2.14. The fourth-order valence-corrected chi connectivity index (χ4v) is 0.728. The molecular formula is C7H8N2O2. The second kappa shape index (κ2) is 3.12. The van der Waals surface area contributed by atoms with E-state index in [-0.39, 0.29) is 6.04 Å². The predicted molar refractivity (Wildman–Crippen MR) is 37.8 cm³/mol. The molecule has 4 nitrogen and oxygen atoms in total. The molecule has 0 aliphatic carbocycles. The van der Waals surface area contributed by atoms with Gasteiger partial charge in [-0.2, -0.15) is 4.99 Å². The summed E-state index contributed by atoms with van der Waals surface area (Å²) in [6, 6.07) is 1.48. The smallest absolute Gasteiger partial charge is 0.235 e. The van der Waals surface area contributed by atoms with Crippen LogP contribution in [-0.2, 0) is 4.79 Å². The molecule has 4 heteroatoms. The molecule has 0 N–H and O–H groups in total. The van der Waals surface area contributed by atoms with Crippen LogP contribution in [-0.4, -0.2) is 11.2 Å². The summed E-state index contributed by atoms with van der Waals surface area (Å²) in [6.45, 7) is 3.54. The van der Waals surface area contributed by atoms with E-state index in [2.05, 4.69) is 10.1 Å². The van der Waals surface area contributed by atoms with E-state index in [9.17, 15) is 4.79 Å². The molecule has 1 heterocycles. The molecule has 0 radical (unpaired) electrons. The lowest BCUT2D eigenvalue weighted by molar-refractivity contribution is 0.387. The highest BCUT2D eigenvalue weighted by atomic mass is 16.5. The van der Waals surface area contributed by atoms with Gasteiger partial charge in [-0.15, -0.1) is 0 Å². The van der Waals surface area contributed by atoms with Gasteiger partial charge in [0.2, 0.25) is 6.08 Å². The molecule has 1 unspecified atom stereocenters. The molecule has 11 heavy (non-hydrogen) atoms. The average Bonchev–Trinajstić information content (AvgIpc) is 2.36. The van der Waals surface area contributed by atoms with Crippen molar-refractivity contribution in [3.63, 3.8) is 0 Å². The van der Waals surface area contributed by atoms with Crippen LogP contribution in [0.5, 0.6) is 0 Å². The molecule has 1 aromatic rings. The Morgan fingerprint density at radius 2 is 2.55 bits per heavy atom. The second-order valence-electron chi connectivity index (χ2n) is 2.26. The summed E-state index contributed by atoms with van der Waals surface area (Å²) >= 11 is 0. The Kier molecular flexibility index (Phi) is 2.18. The number of rotatable bonds is 2. The van der Waals surface area contributed by atoms with E-state index in [0.717, 1.165) is 0 Å². The summed E-state index contributed by atoms with van der Waals surface area (Å²) in [5.74, 6) is 0.716. The molecule has 0 spiro atoms. The van der Waals surface area contributed by atoms with Crippen LogP contribution in [0, 0.1) is 6.92 Å². The second-order valence-corrected chi connectivity index (χ2v) is 2.26. The lowest BCUT2D eigenvalue weighted by atomic mass is 10.2. The Labute approximate surface area is 63.9 Å². The largest absolute Gasteiger partial charge is 0.361 e. The Balaban J connectivity index is 2.84. The maximum atomic E-state index is 9.85. The summed E-state index contributed by atoms with van der Waals surface area (Å²) in [5, 5.41) is 3.69. The van der Waals surface area contributed by atoms with Crippen molar-refractivity contribution in [2.75, 3.05) is 0 Å². The van der Waals surface area contributed by atoms with E-state index >= 15 is 0 Å². The summed E-state index contributed by atoms with van der Waals surface area (Å²) < 4.78 is 4.79. The van der Waals surface area contributed by atoms with E-state index in [0.29, 0.717) is 11.5 Å². The molecule has 0 aliphatic rings. The molecule has 1 aromatic heterocycles. The van der Waals surface area contributed by atoms with Crippen LogP contribution in [0.25, 0.3) is 0 Å². The number of aryl methyl sites for hydroxylation is 1. The first kappa shape index (κ1) is 7.69. The Bertz CT molecular complexity index is 286. The zero-order valence-corrected chi connectivity index (χ0v) is 6.37. The number of aliphatic imine (C=N–C) groups is 1. The lowest BCUT2D eigenvalue weighted by Gasteiger charge is -1.93. The zero-order valence-electron chi connectivity index (χ0n) is 6.37. The first-order valence-corrected chi connectivity index (χ1v) is 3.24. The third-order valence-corrected chi connectivity index (χ3v) is 1.32. The van der Waals surface area contributed by atoms with Crippen LogP contribution in [0.1, 0.15) is 24.4 Å². The molecule has 0 saturated carbocycles. The maximum Gasteiger partial charge on any atom is 0.235 e. The number of carbonyl (C=O) groups excluding carboxylic acids is 1. The van der Waals surface area contributed by atoms with E-state index in [1.807, 2.05) is 0 Å². The van der Waals surface area contributed by atoms with Gasteiger partial charge in [0.15, 0.2) is 0 Å². The highest BCUT2D eigenvalue weighted by Gasteiger charge is 2.07. The maximum absolute atomic E-state index is 9.85. The highest BCUT2D eigenvalue weighted by molar-refractivity contribution is 5.34. The van der Waals surface area contributed by atoms with Gasteiger partial charge in [-0.1, -0.05) is 5.16 Å². The first-order valence-electron chi connectivity index (χ1n) is 3.24. The molecular weight excluding hydrogens is 144 g/mol. The van der Waals surface area contributed by atoms with Crippen molar-refractivity contribution >= 4 is 6.08 Å². The van der Waals surface area contributed by atoms with Gasteiger partial charge in [0.05, 0.1) is 0 Å². The number of aromatic nitrogens is 1. The van der Waals surface area contributed by atoms with Gasteiger partial charge < -0.3 is 4.52 Å². The standard InChI is InChI=1S/C7H8N2O2/c1-5-3-7(9-11-5)6(2)8-4-10/h3,6H,1-2H3. The minimum atomic E-state index is -0.259. The predicted octanol–water partition coefficient (Wildman–Crippen LogP) is 1.38. The van der Waals surface area contributed by atoms with Crippen molar-refractivity contribution in [1.82, 2.24) is 5.16 Å². The molecule has 0 aliphatic heterocycles. The molecule has 0 saturated heterocycles. The minimum absolute atomic E-state index is 0.259. The van der Waals surface area contributed by atoms with Crippen LogP contribution in [0.2, 0.25) is 0 Å². The van der Waals surface area contributed by atoms with E-state index in [1.54, 1.807) is 19.9 Å². The quantitative estimate of drug-likeness (QED) is 0.475. The number of hydrogen-bond acceptors (Lipinski definition) is 4. The summed E-state index contributed by atoms with van der Waals surface area (Å²) in [5.41, 5.74) is 0.658. The Morgan fingerprint density at radius 1 is 1.82 bits per heavy atom. The molecule has 0 amide bonds. The minimum Gasteiger partial charge on any atom is -0.361 e. The number of isocyanates is 1. The van der Waals surface area contributed by atoms with Gasteiger partial charge in [0.1, 0.15) is 17.5 Å². The van der Waals surface area contributed by atoms with Gasteiger partial charge in [0, 0.05) is 6.07 Å². The third-order valence-electron chi connectivity index (χ3n) is 1.32.